The number of methoxy groups -OCH3 is 1. The molecule has 1 fully saturated rings. The minimum absolute atomic E-state index is 0. The lowest BCUT2D eigenvalue weighted by molar-refractivity contribution is 0.0194. The average molecular weight is 464 g/mol. The Hall–Kier alpha value is -0.940. The van der Waals surface area contributed by atoms with Crippen LogP contribution in [0, 0.1) is 0 Å². The molecule has 1 aromatic heterocycles. The zero-order valence-electron chi connectivity index (χ0n) is 15.0. The Morgan fingerprint density at radius 2 is 2.28 bits per heavy atom. The third-order valence-corrected chi connectivity index (χ3v) is 4.51. The summed E-state index contributed by atoms with van der Waals surface area (Å²) >= 11 is 0. The minimum atomic E-state index is 0. The lowest BCUT2D eigenvalue weighted by Crippen LogP contribution is -2.49. The quantitative estimate of drug-likeness (QED) is 0.386. The molecule has 0 bridgehead atoms. The van der Waals surface area contributed by atoms with E-state index in [0.29, 0.717) is 18.8 Å². The van der Waals surface area contributed by atoms with Crippen molar-refractivity contribution in [2.75, 3.05) is 27.3 Å². The second-order valence-electron chi connectivity index (χ2n) is 6.38. The van der Waals surface area contributed by atoms with E-state index in [1.54, 1.807) is 14.2 Å². The molecule has 0 radical (unpaired) electrons. The number of halogens is 1. The number of ether oxygens (including phenoxy) is 2. The topological polar surface area (TPSA) is 85.6 Å². The molecule has 1 saturated heterocycles. The van der Waals surface area contributed by atoms with Gasteiger partial charge in [0.05, 0.1) is 12.6 Å². The van der Waals surface area contributed by atoms with E-state index in [-0.39, 0.29) is 24.0 Å². The normalized spacial score (nSPS) is 23.5. The molecule has 0 amide bonds. The maximum Gasteiger partial charge on any atom is 0.191 e. The number of hydrogen-bond acceptors (Lipinski definition) is 5. The molecule has 2 atom stereocenters. The molecular formula is C16H29IN6O2. The van der Waals surface area contributed by atoms with Crippen LogP contribution in [0.5, 0.6) is 0 Å². The van der Waals surface area contributed by atoms with Gasteiger partial charge in [-0.25, -0.2) is 9.67 Å². The van der Waals surface area contributed by atoms with Crippen molar-refractivity contribution < 1.29 is 9.47 Å². The molecule has 0 spiro atoms. The van der Waals surface area contributed by atoms with Gasteiger partial charge in [-0.3, -0.25) is 4.99 Å². The van der Waals surface area contributed by atoms with Crippen LogP contribution in [0.2, 0.25) is 0 Å². The Morgan fingerprint density at radius 1 is 1.40 bits per heavy atom. The van der Waals surface area contributed by atoms with Crippen LogP contribution in [-0.2, 0) is 29.0 Å². The van der Waals surface area contributed by atoms with Crippen LogP contribution in [-0.4, -0.2) is 60.2 Å². The SMILES string of the molecule is CN=C(NCC1CCCCO1)NC1CCc2nc(COC)nn2C1.I. The average Bonchev–Trinajstić information content (AvgIpc) is 3.01. The second kappa shape index (κ2) is 10.3. The molecule has 1 aromatic rings. The Kier molecular flexibility index (Phi) is 8.37. The van der Waals surface area contributed by atoms with Crippen LogP contribution in [0.25, 0.3) is 0 Å². The fraction of sp³-hybridized carbons (Fsp3) is 0.812. The van der Waals surface area contributed by atoms with Crippen molar-refractivity contribution in [3.63, 3.8) is 0 Å². The van der Waals surface area contributed by atoms with Crippen LogP contribution in [0.3, 0.4) is 0 Å². The molecule has 2 unspecified atom stereocenters. The van der Waals surface area contributed by atoms with Crippen LogP contribution in [0.4, 0.5) is 0 Å². The van der Waals surface area contributed by atoms with Crippen LogP contribution in [0.1, 0.15) is 37.3 Å². The number of nitrogens with one attached hydrogen (secondary N) is 2. The Bertz CT molecular complexity index is 559. The molecule has 2 N–H and O–H groups in total. The van der Waals surface area contributed by atoms with E-state index >= 15 is 0 Å². The number of aryl methyl sites for hydroxylation is 1. The summed E-state index contributed by atoms with van der Waals surface area (Å²) in [4.78, 5) is 8.84. The maximum atomic E-state index is 5.76. The summed E-state index contributed by atoms with van der Waals surface area (Å²) in [6.07, 6.45) is 5.78. The number of aliphatic imine (C=N–C) groups is 1. The fourth-order valence-electron chi connectivity index (χ4n) is 3.24. The molecule has 25 heavy (non-hydrogen) atoms. The summed E-state index contributed by atoms with van der Waals surface area (Å²) in [7, 11) is 3.47. The molecule has 9 heteroatoms. The molecule has 3 rings (SSSR count). The predicted molar refractivity (Wildman–Crippen MR) is 106 cm³/mol. The summed E-state index contributed by atoms with van der Waals surface area (Å²) in [6.45, 7) is 2.94. The molecule has 0 aromatic carbocycles. The van der Waals surface area contributed by atoms with E-state index in [1.165, 1.54) is 12.8 Å². The molecule has 2 aliphatic heterocycles. The Morgan fingerprint density at radius 3 is 3.00 bits per heavy atom. The Labute approximate surface area is 166 Å². The third-order valence-electron chi connectivity index (χ3n) is 4.51. The van der Waals surface area contributed by atoms with Gasteiger partial charge in [-0.1, -0.05) is 0 Å². The van der Waals surface area contributed by atoms with Crippen molar-refractivity contribution >= 4 is 29.9 Å². The van der Waals surface area contributed by atoms with E-state index in [0.717, 1.165) is 56.6 Å². The largest absolute Gasteiger partial charge is 0.377 e. The van der Waals surface area contributed by atoms with E-state index in [1.807, 2.05) is 4.68 Å². The zero-order chi connectivity index (χ0) is 16.8. The van der Waals surface area contributed by atoms with Crippen molar-refractivity contribution in [2.24, 2.45) is 4.99 Å². The summed E-state index contributed by atoms with van der Waals surface area (Å²) in [5.41, 5.74) is 0. The molecule has 8 nitrogen and oxygen atoms in total. The first-order valence-electron chi connectivity index (χ1n) is 8.79. The maximum absolute atomic E-state index is 5.76. The number of aromatic nitrogens is 3. The van der Waals surface area contributed by atoms with Crippen molar-refractivity contribution in [3.8, 4) is 0 Å². The number of nitrogens with zero attached hydrogens (tertiary/aromatic N) is 4. The minimum Gasteiger partial charge on any atom is -0.377 e. The summed E-state index contributed by atoms with van der Waals surface area (Å²) in [5.74, 6) is 2.62. The number of hydrogen-bond donors (Lipinski definition) is 2. The van der Waals surface area contributed by atoms with Gasteiger partial charge in [0.2, 0.25) is 0 Å². The van der Waals surface area contributed by atoms with Gasteiger partial charge in [0, 0.05) is 39.8 Å². The highest BCUT2D eigenvalue weighted by molar-refractivity contribution is 14.0. The molecule has 0 saturated carbocycles. The van der Waals surface area contributed by atoms with Gasteiger partial charge in [-0.2, -0.15) is 5.10 Å². The first kappa shape index (κ1) is 20.4. The standard InChI is InChI=1S/C16H28N6O2.HI/c1-17-16(18-9-13-5-3-4-8-24-13)19-12-6-7-15-20-14(11-23-2)21-22(15)10-12;/h12-13H,3-11H2,1-2H3,(H2,17,18,19);1H. The molecule has 142 valence electrons. The number of fused-ring (bicyclic) bond motifs is 1. The van der Waals surface area contributed by atoms with E-state index in [2.05, 4.69) is 25.7 Å². The van der Waals surface area contributed by atoms with Gasteiger partial charge in [-0.15, -0.1) is 24.0 Å². The second-order valence-corrected chi connectivity index (χ2v) is 6.38. The smallest absolute Gasteiger partial charge is 0.191 e. The van der Waals surface area contributed by atoms with E-state index in [4.69, 9.17) is 9.47 Å². The van der Waals surface area contributed by atoms with Crippen LogP contribution in [0.15, 0.2) is 4.99 Å². The summed E-state index contributed by atoms with van der Waals surface area (Å²) in [6, 6.07) is 0.299. The molecule has 0 aliphatic carbocycles. The molecular weight excluding hydrogens is 435 g/mol. The van der Waals surface area contributed by atoms with Crippen LogP contribution < -0.4 is 10.6 Å². The van der Waals surface area contributed by atoms with Crippen molar-refractivity contribution in [1.29, 1.82) is 0 Å². The molecule has 2 aliphatic rings. The highest BCUT2D eigenvalue weighted by Gasteiger charge is 2.22. The third kappa shape index (κ3) is 5.78. The number of rotatable bonds is 5. The fourth-order valence-corrected chi connectivity index (χ4v) is 3.24. The lowest BCUT2D eigenvalue weighted by atomic mass is 10.1. The molecule has 3 heterocycles. The monoisotopic (exact) mass is 464 g/mol. The van der Waals surface area contributed by atoms with Gasteiger partial charge in [-0.05, 0) is 25.7 Å². The van der Waals surface area contributed by atoms with Crippen molar-refractivity contribution in [2.45, 2.75) is 57.4 Å². The first-order chi connectivity index (χ1) is 11.8. The van der Waals surface area contributed by atoms with Gasteiger partial charge in [0.15, 0.2) is 11.8 Å². The summed E-state index contributed by atoms with van der Waals surface area (Å²) < 4.78 is 12.8. The van der Waals surface area contributed by atoms with E-state index in [9.17, 15) is 0 Å². The van der Waals surface area contributed by atoms with Gasteiger partial charge >= 0.3 is 0 Å². The van der Waals surface area contributed by atoms with Gasteiger partial charge in [0.25, 0.3) is 0 Å². The van der Waals surface area contributed by atoms with Crippen molar-refractivity contribution in [3.05, 3.63) is 11.6 Å². The first-order valence-corrected chi connectivity index (χ1v) is 8.79. The van der Waals surface area contributed by atoms with E-state index < -0.39 is 0 Å². The Balaban J connectivity index is 0.00000225. The van der Waals surface area contributed by atoms with Crippen LogP contribution >= 0.6 is 24.0 Å². The summed E-state index contributed by atoms with van der Waals surface area (Å²) in [5, 5.41) is 11.4. The number of guanidine groups is 1. The zero-order valence-corrected chi connectivity index (χ0v) is 17.4. The van der Waals surface area contributed by atoms with Crippen molar-refractivity contribution in [1.82, 2.24) is 25.4 Å². The lowest BCUT2D eigenvalue weighted by Gasteiger charge is -2.27. The highest BCUT2D eigenvalue weighted by Crippen LogP contribution is 2.14. The highest BCUT2D eigenvalue weighted by atomic mass is 127. The van der Waals surface area contributed by atoms with Gasteiger partial charge < -0.3 is 20.1 Å². The van der Waals surface area contributed by atoms with Gasteiger partial charge in [0.1, 0.15) is 12.4 Å². The predicted octanol–water partition coefficient (Wildman–Crippen LogP) is 1.09.